The summed E-state index contributed by atoms with van der Waals surface area (Å²) in [5.41, 5.74) is 0. The van der Waals surface area contributed by atoms with E-state index in [4.69, 9.17) is 0 Å². The third-order valence-electron chi connectivity index (χ3n) is 0.546. The van der Waals surface area contributed by atoms with Crippen molar-refractivity contribution in [3.8, 4) is 0 Å². The molecular weight excluding hydrogens is 140 g/mol. The van der Waals surface area contributed by atoms with Crippen LogP contribution in [0.15, 0.2) is 12.7 Å². The molecule has 0 aromatic rings. The van der Waals surface area contributed by atoms with E-state index in [2.05, 4.69) is 10.8 Å². The van der Waals surface area contributed by atoms with Crippen LogP contribution >= 0.6 is 12.0 Å². The summed E-state index contributed by atoms with van der Waals surface area (Å²) >= 11 is 0.835. The van der Waals surface area contributed by atoms with Gasteiger partial charge in [0.2, 0.25) is 0 Å². The first-order chi connectivity index (χ1) is 4.22. The quantitative estimate of drug-likeness (QED) is 0.331. The molecule has 0 aliphatic carbocycles. The Morgan fingerprint density at radius 3 is 2.56 bits per heavy atom. The Labute approximate surface area is 57.3 Å². The third kappa shape index (κ3) is 2.92. The average molecular weight is 146 g/mol. The number of carbonyl (C=O) groups is 2. The van der Waals surface area contributed by atoms with E-state index in [9.17, 15) is 9.59 Å². The van der Waals surface area contributed by atoms with E-state index in [1.54, 1.807) is 6.26 Å². The van der Waals surface area contributed by atoms with Crippen LogP contribution in [0, 0.1) is 0 Å². The molecule has 0 heterocycles. The van der Waals surface area contributed by atoms with Gasteiger partial charge >= 0.3 is 5.97 Å². The molecule has 0 aromatic heterocycles. The molecule has 0 spiro atoms. The summed E-state index contributed by atoms with van der Waals surface area (Å²) in [6.45, 7) is 3.10. The minimum atomic E-state index is -0.877. The van der Waals surface area contributed by atoms with Gasteiger partial charge < -0.3 is 4.18 Å². The third-order valence-corrected chi connectivity index (χ3v) is 0.864. The van der Waals surface area contributed by atoms with Crippen LogP contribution in [0.5, 0.6) is 0 Å². The Kier molecular flexibility index (Phi) is 3.79. The van der Waals surface area contributed by atoms with Gasteiger partial charge in [-0.25, -0.2) is 4.79 Å². The Bertz CT molecular complexity index is 141. The fraction of sp³-hybridized carbons (Fsp3) is 0.200. The molecule has 9 heavy (non-hydrogen) atoms. The lowest BCUT2D eigenvalue weighted by Gasteiger charge is -1.91. The Balaban J connectivity index is 3.73. The SMILES string of the molecule is C=CC(=O)C(=O)OSC. The van der Waals surface area contributed by atoms with E-state index in [-0.39, 0.29) is 0 Å². The van der Waals surface area contributed by atoms with E-state index in [0.717, 1.165) is 18.1 Å². The monoisotopic (exact) mass is 146 g/mol. The van der Waals surface area contributed by atoms with Crippen molar-refractivity contribution in [2.24, 2.45) is 0 Å². The fourth-order valence-corrected chi connectivity index (χ4v) is 0.434. The van der Waals surface area contributed by atoms with Gasteiger partial charge in [0.1, 0.15) is 0 Å². The molecular formula is C5H6O3S. The lowest BCUT2D eigenvalue weighted by atomic mass is 10.4. The van der Waals surface area contributed by atoms with Gasteiger partial charge in [-0.1, -0.05) is 6.58 Å². The van der Waals surface area contributed by atoms with Crippen molar-refractivity contribution in [2.75, 3.05) is 6.26 Å². The van der Waals surface area contributed by atoms with Crippen molar-refractivity contribution >= 4 is 23.8 Å². The Morgan fingerprint density at radius 2 is 2.22 bits per heavy atom. The summed E-state index contributed by atoms with van der Waals surface area (Å²) in [5, 5.41) is 0. The molecule has 0 unspecified atom stereocenters. The van der Waals surface area contributed by atoms with Gasteiger partial charge in [-0.2, -0.15) is 0 Å². The summed E-state index contributed by atoms with van der Waals surface area (Å²) in [6, 6.07) is 0. The lowest BCUT2D eigenvalue weighted by Crippen LogP contribution is -2.10. The van der Waals surface area contributed by atoms with Gasteiger partial charge in [0, 0.05) is 6.26 Å². The van der Waals surface area contributed by atoms with Crippen LogP contribution in [0.3, 0.4) is 0 Å². The van der Waals surface area contributed by atoms with Crippen molar-refractivity contribution in [2.45, 2.75) is 0 Å². The topological polar surface area (TPSA) is 43.4 Å². The molecule has 0 saturated carbocycles. The Hall–Kier alpha value is -0.770. The minimum absolute atomic E-state index is 0.718. The molecule has 3 nitrogen and oxygen atoms in total. The summed E-state index contributed by atoms with van der Waals surface area (Å²) in [7, 11) is 0. The van der Waals surface area contributed by atoms with E-state index >= 15 is 0 Å². The number of carbonyl (C=O) groups excluding carboxylic acids is 2. The molecule has 0 radical (unpaired) electrons. The summed E-state index contributed by atoms with van der Waals surface area (Å²) in [5.74, 6) is -1.60. The zero-order valence-corrected chi connectivity index (χ0v) is 5.73. The molecule has 0 saturated heterocycles. The molecule has 4 heteroatoms. The molecule has 0 aliphatic heterocycles. The lowest BCUT2D eigenvalue weighted by molar-refractivity contribution is -0.143. The van der Waals surface area contributed by atoms with Crippen molar-refractivity contribution < 1.29 is 13.8 Å². The standard InChI is InChI=1S/C5H6O3S/c1-3-4(6)5(7)8-9-2/h3H,1H2,2H3. The summed E-state index contributed by atoms with van der Waals surface area (Å²) < 4.78 is 4.25. The number of rotatable bonds is 3. The van der Waals surface area contributed by atoms with Crippen molar-refractivity contribution in [1.29, 1.82) is 0 Å². The normalized spacial score (nSPS) is 8.11. The molecule has 50 valence electrons. The highest BCUT2D eigenvalue weighted by atomic mass is 32.2. The largest absolute Gasteiger partial charge is 0.391 e. The second kappa shape index (κ2) is 4.14. The van der Waals surface area contributed by atoms with Crippen molar-refractivity contribution in [3.63, 3.8) is 0 Å². The van der Waals surface area contributed by atoms with Crippen LogP contribution in [0.2, 0.25) is 0 Å². The highest BCUT2D eigenvalue weighted by Crippen LogP contribution is 1.95. The minimum Gasteiger partial charge on any atom is -0.386 e. The van der Waals surface area contributed by atoms with Crippen LogP contribution < -0.4 is 0 Å². The van der Waals surface area contributed by atoms with E-state index in [0.29, 0.717) is 0 Å². The molecule has 0 rings (SSSR count). The van der Waals surface area contributed by atoms with Crippen LogP contribution in [0.25, 0.3) is 0 Å². The predicted molar refractivity (Wildman–Crippen MR) is 34.8 cm³/mol. The smallest absolute Gasteiger partial charge is 0.386 e. The molecule has 0 aromatic carbocycles. The average Bonchev–Trinajstić information content (AvgIpc) is 1.87. The maximum Gasteiger partial charge on any atom is 0.391 e. The van der Waals surface area contributed by atoms with E-state index in [1.807, 2.05) is 0 Å². The summed E-state index contributed by atoms with van der Waals surface area (Å²) in [4.78, 5) is 20.6. The highest BCUT2D eigenvalue weighted by Gasteiger charge is 2.09. The molecule has 0 N–H and O–H groups in total. The van der Waals surface area contributed by atoms with Crippen LogP contribution in [-0.2, 0) is 13.8 Å². The van der Waals surface area contributed by atoms with Crippen LogP contribution in [0.1, 0.15) is 0 Å². The number of ketones is 1. The zero-order chi connectivity index (χ0) is 7.28. The first-order valence-electron chi connectivity index (χ1n) is 2.13. The van der Waals surface area contributed by atoms with Gasteiger partial charge in [-0.05, 0) is 6.08 Å². The molecule has 0 aliphatic rings. The molecule has 0 atom stereocenters. The van der Waals surface area contributed by atoms with E-state index < -0.39 is 11.8 Å². The second-order valence-corrected chi connectivity index (χ2v) is 1.61. The van der Waals surface area contributed by atoms with Crippen LogP contribution in [0.4, 0.5) is 0 Å². The van der Waals surface area contributed by atoms with Gasteiger partial charge in [0.15, 0.2) is 0 Å². The van der Waals surface area contributed by atoms with E-state index in [1.165, 1.54) is 0 Å². The molecule has 0 amide bonds. The maximum absolute atomic E-state index is 10.3. The fourth-order valence-electron chi connectivity index (χ4n) is 0.200. The Morgan fingerprint density at radius 1 is 1.67 bits per heavy atom. The number of hydrogen-bond donors (Lipinski definition) is 0. The maximum atomic E-state index is 10.3. The van der Waals surface area contributed by atoms with Gasteiger partial charge in [-0.3, -0.25) is 4.79 Å². The van der Waals surface area contributed by atoms with Gasteiger partial charge in [0.25, 0.3) is 5.78 Å². The van der Waals surface area contributed by atoms with Gasteiger partial charge in [0.05, 0.1) is 12.0 Å². The second-order valence-electron chi connectivity index (χ2n) is 1.11. The van der Waals surface area contributed by atoms with Crippen molar-refractivity contribution in [3.05, 3.63) is 12.7 Å². The number of hydrogen-bond acceptors (Lipinski definition) is 4. The van der Waals surface area contributed by atoms with Gasteiger partial charge in [-0.15, -0.1) is 0 Å². The summed E-state index contributed by atoms with van der Waals surface area (Å²) in [6.07, 6.45) is 2.47. The van der Waals surface area contributed by atoms with Crippen molar-refractivity contribution in [1.82, 2.24) is 0 Å². The molecule has 0 fully saturated rings. The first kappa shape index (κ1) is 8.23. The molecule has 0 bridgehead atoms. The zero-order valence-electron chi connectivity index (χ0n) is 4.92. The first-order valence-corrected chi connectivity index (χ1v) is 3.28. The predicted octanol–water partition coefficient (Wildman–Crippen LogP) is 0.563. The highest BCUT2D eigenvalue weighted by molar-refractivity contribution is 7.94. The van der Waals surface area contributed by atoms with Crippen LogP contribution in [-0.4, -0.2) is 18.0 Å².